The number of halogens is 3. The summed E-state index contributed by atoms with van der Waals surface area (Å²) in [5.41, 5.74) is -0.109. The quantitative estimate of drug-likeness (QED) is 0.679. The molecule has 19 heavy (non-hydrogen) atoms. The first-order chi connectivity index (χ1) is 8.89. The highest BCUT2D eigenvalue weighted by molar-refractivity contribution is 7.09. The summed E-state index contributed by atoms with van der Waals surface area (Å²) in [6, 6.07) is 3.61. The first-order valence-electron chi connectivity index (χ1n) is 4.77. The maximum atomic E-state index is 12.1. The fourth-order valence-electron chi connectivity index (χ4n) is 1.26. The number of aromatic nitrogens is 2. The topological polar surface area (TPSA) is 72.3 Å². The van der Waals surface area contributed by atoms with Gasteiger partial charge < -0.3 is 9.84 Å². The van der Waals surface area contributed by atoms with Gasteiger partial charge >= 0.3 is 12.1 Å². The van der Waals surface area contributed by atoms with Gasteiger partial charge in [-0.1, -0.05) is 6.07 Å². The van der Waals surface area contributed by atoms with E-state index in [0.29, 0.717) is 0 Å². The molecule has 5 nitrogen and oxygen atoms in total. The van der Waals surface area contributed by atoms with E-state index in [1.54, 1.807) is 0 Å². The molecule has 1 aromatic carbocycles. The lowest BCUT2D eigenvalue weighted by molar-refractivity contribution is -0.189. The highest BCUT2D eigenvalue weighted by atomic mass is 32.1. The molecule has 2 rings (SSSR count). The summed E-state index contributed by atoms with van der Waals surface area (Å²) in [5, 5.41) is 9.79. The number of ether oxygens (including phenoxy) is 1. The molecule has 1 heterocycles. The van der Waals surface area contributed by atoms with Crippen LogP contribution in [0.2, 0.25) is 0 Å². The van der Waals surface area contributed by atoms with Gasteiger partial charge in [0.25, 0.3) is 0 Å². The van der Waals surface area contributed by atoms with Gasteiger partial charge in [-0.05, 0) is 23.7 Å². The van der Waals surface area contributed by atoms with E-state index >= 15 is 0 Å². The van der Waals surface area contributed by atoms with E-state index in [9.17, 15) is 23.1 Å². The normalized spacial score (nSPS) is 11.3. The second-order valence-electron chi connectivity index (χ2n) is 3.28. The molecule has 2 aromatic rings. The standard InChI is InChI=1S/C10H5F3N2O3S/c11-10(12,13)9(17)18-6-3-1-2-5(16)7(6)8-14-4-15-19-8/h1-4,16H. The number of esters is 1. The smallest absolute Gasteiger partial charge is 0.491 e. The molecule has 0 radical (unpaired) electrons. The Morgan fingerprint density at radius 3 is 2.68 bits per heavy atom. The van der Waals surface area contributed by atoms with Crippen molar-refractivity contribution in [2.24, 2.45) is 0 Å². The number of aromatic hydroxyl groups is 1. The van der Waals surface area contributed by atoms with Crippen molar-refractivity contribution in [3.63, 3.8) is 0 Å². The molecule has 0 unspecified atom stereocenters. The number of nitrogens with zero attached hydrogens (tertiary/aromatic N) is 2. The van der Waals surface area contributed by atoms with Gasteiger partial charge in [-0.3, -0.25) is 0 Å². The van der Waals surface area contributed by atoms with Gasteiger partial charge in [0.1, 0.15) is 17.8 Å². The number of carbonyl (C=O) groups is 1. The zero-order valence-electron chi connectivity index (χ0n) is 9.01. The summed E-state index contributed by atoms with van der Waals surface area (Å²) in [7, 11) is 0. The number of rotatable bonds is 2. The van der Waals surface area contributed by atoms with Crippen molar-refractivity contribution in [1.82, 2.24) is 9.36 Å². The van der Waals surface area contributed by atoms with Gasteiger partial charge in [0.15, 0.2) is 5.01 Å². The molecule has 1 aromatic heterocycles. The third kappa shape index (κ3) is 2.81. The minimum absolute atomic E-state index is 0.109. The van der Waals surface area contributed by atoms with Crippen LogP contribution < -0.4 is 4.74 Å². The van der Waals surface area contributed by atoms with Crippen molar-refractivity contribution in [1.29, 1.82) is 0 Å². The van der Waals surface area contributed by atoms with Crippen LogP contribution in [0.4, 0.5) is 13.2 Å². The van der Waals surface area contributed by atoms with Crippen LogP contribution in [0, 0.1) is 0 Å². The van der Waals surface area contributed by atoms with Crippen molar-refractivity contribution in [2.75, 3.05) is 0 Å². The second-order valence-corrected chi connectivity index (χ2v) is 4.06. The number of hydrogen-bond donors (Lipinski definition) is 1. The van der Waals surface area contributed by atoms with Gasteiger partial charge in [-0.15, -0.1) is 0 Å². The van der Waals surface area contributed by atoms with Gasteiger partial charge in [0.05, 0.1) is 5.56 Å². The van der Waals surface area contributed by atoms with Crippen LogP contribution in [0.1, 0.15) is 0 Å². The number of carbonyl (C=O) groups excluding carboxylic acids is 1. The van der Waals surface area contributed by atoms with Crippen molar-refractivity contribution in [3.05, 3.63) is 24.5 Å². The second kappa shape index (κ2) is 4.84. The van der Waals surface area contributed by atoms with E-state index in [-0.39, 0.29) is 16.3 Å². The van der Waals surface area contributed by atoms with Gasteiger partial charge in [-0.2, -0.15) is 17.5 Å². The summed E-state index contributed by atoms with van der Waals surface area (Å²) in [5.74, 6) is -3.16. The van der Waals surface area contributed by atoms with Crippen molar-refractivity contribution < 1.29 is 27.8 Å². The molecule has 0 aliphatic carbocycles. The van der Waals surface area contributed by atoms with Crippen LogP contribution in [-0.2, 0) is 4.79 Å². The summed E-state index contributed by atoms with van der Waals surface area (Å²) < 4.78 is 44.3. The van der Waals surface area contributed by atoms with Gasteiger partial charge in [-0.25, -0.2) is 9.78 Å². The highest BCUT2D eigenvalue weighted by Gasteiger charge is 2.42. The average Bonchev–Trinajstić information content (AvgIpc) is 2.81. The Labute approximate surface area is 108 Å². The lowest BCUT2D eigenvalue weighted by Gasteiger charge is -2.10. The Morgan fingerprint density at radius 2 is 2.11 bits per heavy atom. The average molecular weight is 290 g/mol. The molecule has 0 spiro atoms. The van der Waals surface area contributed by atoms with E-state index in [1.165, 1.54) is 18.5 Å². The maximum Gasteiger partial charge on any atom is 0.491 e. The minimum Gasteiger partial charge on any atom is -0.507 e. The number of alkyl halides is 3. The van der Waals surface area contributed by atoms with E-state index in [0.717, 1.165) is 17.6 Å². The summed E-state index contributed by atoms with van der Waals surface area (Å²) >= 11 is 0.845. The fraction of sp³-hybridized carbons (Fsp3) is 0.100. The highest BCUT2D eigenvalue weighted by Crippen LogP contribution is 2.38. The third-order valence-corrected chi connectivity index (χ3v) is 2.70. The Kier molecular flexibility index (Phi) is 3.38. The van der Waals surface area contributed by atoms with Crippen LogP contribution in [0.25, 0.3) is 10.6 Å². The lowest BCUT2D eigenvalue weighted by atomic mass is 10.2. The minimum atomic E-state index is -5.12. The zero-order valence-corrected chi connectivity index (χ0v) is 9.83. The van der Waals surface area contributed by atoms with Crippen molar-refractivity contribution in [3.8, 4) is 22.1 Å². The Bertz CT molecular complexity index is 599. The SMILES string of the molecule is O=C(Oc1cccc(O)c1-c1ncns1)C(F)(F)F. The molecular formula is C10H5F3N2O3S. The first-order valence-corrected chi connectivity index (χ1v) is 5.55. The molecule has 0 saturated heterocycles. The Balaban J connectivity index is 2.42. The molecular weight excluding hydrogens is 285 g/mol. The molecule has 0 amide bonds. The molecule has 1 N–H and O–H groups in total. The Hall–Kier alpha value is -2.16. The summed E-state index contributed by atoms with van der Waals surface area (Å²) in [6.07, 6.45) is -3.95. The van der Waals surface area contributed by atoms with E-state index in [1.807, 2.05) is 0 Å². The molecule has 0 saturated carbocycles. The molecule has 0 aliphatic rings. The molecule has 0 bridgehead atoms. The third-order valence-electron chi connectivity index (χ3n) is 2.01. The number of benzene rings is 1. The fourth-order valence-corrected chi connectivity index (χ4v) is 1.85. The van der Waals surface area contributed by atoms with Crippen LogP contribution in [0.15, 0.2) is 24.5 Å². The van der Waals surface area contributed by atoms with Gasteiger partial charge in [0, 0.05) is 0 Å². The van der Waals surface area contributed by atoms with Crippen molar-refractivity contribution in [2.45, 2.75) is 6.18 Å². The van der Waals surface area contributed by atoms with Crippen molar-refractivity contribution >= 4 is 17.5 Å². The summed E-state index contributed by atoms with van der Waals surface area (Å²) in [4.78, 5) is 14.6. The van der Waals surface area contributed by atoms with Crippen LogP contribution >= 0.6 is 11.5 Å². The lowest BCUT2D eigenvalue weighted by Crippen LogP contribution is -2.28. The molecule has 100 valence electrons. The van der Waals surface area contributed by atoms with E-state index < -0.39 is 17.9 Å². The summed E-state index contributed by atoms with van der Waals surface area (Å²) in [6.45, 7) is 0. The maximum absolute atomic E-state index is 12.1. The monoisotopic (exact) mass is 290 g/mol. The number of phenols is 1. The largest absolute Gasteiger partial charge is 0.507 e. The predicted octanol–water partition coefficient (Wildman–Crippen LogP) is 2.38. The van der Waals surface area contributed by atoms with Crippen LogP contribution in [0.3, 0.4) is 0 Å². The van der Waals surface area contributed by atoms with Crippen LogP contribution in [-0.4, -0.2) is 26.6 Å². The van der Waals surface area contributed by atoms with E-state index in [2.05, 4.69) is 14.1 Å². The number of hydrogen-bond acceptors (Lipinski definition) is 6. The molecule has 0 atom stereocenters. The Morgan fingerprint density at radius 1 is 1.37 bits per heavy atom. The number of phenolic OH excluding ortho intramolecular Hbond substituents is 1. The zero-order chi connectivity index (χ0) is 14.0. The first kappa shape index (κ1) is 13.3. The van der Waals surface area contributed by atoms with Gasteiger partial charge in [0.2, 0.25) is 0 Å². The molecule has 9 heteroatoms. The van der Waals surface area contributed by atoms with Crippen LogP contribution in [0.5, 0.6) is 11.5 Å². The molecule has 0 fully saturated rings. The van der Waals surface area contributed by atoms with E-state index in [4.69, 9.17) is 0 Å². The predicted molar refractivity (Wildman–Crippen MR) is 58.7 cm³/mol. The molecule has 0 aliphatic heterocycles.